The number of alkyl carbamates (subject to hydrolysis) is 1. The van der Waals surface area contributed by atoms with Gasteiger partial charge < -0.3 is 35.5 Å². The average Bonchev–Trinajstić information content (AvgIpc) is 2.66. The van der Waals surface area contributed by atoms with E-state index in [0.29, 0.717) is 13.1 Å². The van der Waals surface area contributed by atoms with Gasteiger partial charge in [-0.2, -0.15) is 0 Å². The normalized spacial score (nSPS) is 11.9. The van der Waals surface area contributed by atoms with E-state index in [1.54, 1.807) is 34.6 Å². The van der Waals surface area contributed by atoms with Crippen LogP contribution >= 0.6 is 0 Å². The number of nitrogens with one attached hydrogen (secondary N) is 4. The predicted octanol–water partition coefficient (Wildman–Crippen LogP) is 0.0815. The summed E-state index contributed by atoms with van der Waals surface area (Å²) in [6.45, 7) is 10.6. The van der Waals surface area contributed by atoms with Gasteiger partial charge in [0.15, 0.2) is 0 Å². The van der Waals surface area contributed by atoms with Crippen LogP contribution in [-0.2, 0) is 28.6 Å². The largest absolute Gasteiger partial charge is 0.444 e. The molecule has 0 radical (unpaired) electrons. The first kappa shape index (κ1) is 28.6. The number of likely N-dealkylation sites (N-methyl/N-ethyl adjacent to an activating group) is 1. The second kappa shape index (κ2) is 16.3. The molecule has 11 nitrogen and oxygen atoms in total. The van der Waals surface area contributed by atoms with E-state index < -0.39 is 23.6 Å². The lowest BCUT2D eigenvalue weighted by atomic mass is 10.1. The summed E-state index contributed by atoms with van der Waals surface area (Å²) in [5.74, 6) is -0.986. The minimum absolute atomic E-state index is 0.127. The molecule has 11 heteroatoms. The monoisotopic (exact) mass is 446 g/mol. The topological polar surface area (TPSA) is 144 Å². The van der Waals surface area contributed by atoms with Crippen LogP contribution in [0.4, 0.5) is 4.79 Å². The van der Waals surface area contributed by atoms with Gasteiger partial charge in [-0.3, -0.25) is 14.4 Å². The van der Waals surface area contributed by atoms with Crippen LogP contribution in [0.5, 0.6) is 0 Å². The Balaban J connectivity index is 4.02. The number of rotatable bonds is 15. The van der Waals surface area contributed by atoms with E-state index in [1.165, 1.54) is 0 Å². The molecule has 1 unspecified atom stereocenters. The van der Waals surface area contributed by atoms with Crippen molar-refractivity contribution in [1.29, 1.82) is 0 Å². The third-order valence-corrected chi connectivity index (χ3v) is 3.56. The average molecular weight is 447 g/mol. The molecule has 0 aliphatic carbocycles. The number of carbonyl (C=O) groups excluding carboxylic acids is 4. The van der Waals surface area contributed by atoms with Gasteiger partial charge in [0.25, 0.3) is 0 Å². The van der Waals surface area contributed by atoms with Crippen LogP contribution in [0.15, 0.2) is 0 Å². The zero-order valence-corrected chi connectivity index (χ0v) is 19.3. The van der Waals surface area contributed by atoms with Crippen molar-refractivity contribution in [3.8, 4) is 0 Å². The zero-order valence-electron chi connectivity index (χ0n) is 19.3. The van der Waals surface area contributed by atoms with Gasteiger partial charge in [-0.05, 0) is 41.0 Å². The van der Waals surface area contributed by atoms with Gasteiger partial charge in [0.2, 0.25) is 17.7 Å². The van der Waals surface area contributed by atoms with Crippen molar-refractivity contribution in [2.75, 3.05) is 46.1 Å². The second-order valence-corrected chi connectivity index (χ2v) is 7.60. The highest BCUT2D eigenvalue weighted by Crippen LogP contribution is 2.06. The summed E-state index contributed by atoms with van der Waals surface area (Å²) in [6.07, 6.45) is -0.197. The van der Waals surface area contributed by atoms with Crippen molar-refractivity contribution in [3.05, 3.63) is 0 Å². The van der Waals surface area contributed by atoms with Crippen molar-refractivity contribution in [1.82, 2.24) is 21.3 Å². The molecule has 0 aromatic rings. The molecule has 0 aliphatic heterocycles. The zero-order chi connectivity index (χ0) is 23.7. The van der Waals surface area contributed by atoms with Gasteiger partial charge >= 0.3 is 6.09 Å². The van der Waals surface area contributed by atoms with Crippen LogP contribution in [0.1, 0.15) is 47.5 Å². The maximum atomic E-state index is 12.1. The minimum atomic E-state index is -0.811. The summed E-state index contributed by atoms with van der Waals surface area (Å²) >= 11 is 0. The Labute approximate surface area is 184 Å². The van der Waals surface area contributed by atoms with E-state index in [1.807, 2.05) is 0 Å². The standard InChI is InChI=1S/C20H38N4O7/c1-6-21-16(25)9-8-15(18(27)22-7-2)24-17(26)14-30-13-12-29-11-10-23-19(28)31-20(3,4)5/h15H,6-14H2,1-5H3,(H,21,25)(H,22,27)(H,23,28)(H,24,26). The van der Waals surface area contributed by atoms with Gasteiger partial charge in [0.05, 0.1) is 19.8 Å². The fraction of sp³-hybridized carbons (Fsp3) is 0.800. The molecule has 1 atom stereocenters. The van der Waals surface area contributed by atoms with Crippen LogP contribution in [0.2, 0.25) is 0 Å². The first-order valence-corrected chi connectivity index (χ1v) is 10.5. The molecule has 0 fully saturated rings. The van der Waals surface area contributed by atoms with E-state index in [0.717, 1.165) is 0 Å². The van der Waals surface area contributed by atoms with Gasteiger partial charge in [-0.1, -0.05) is 0 Å². The lowest BCUT2D eigenvalue weighted by Crippen LogP contribution is -2.48. The molecule has 0 saturated heterocycles. The molecule has 180 valence electrons. The molecular formula is C20H38N4O7. The molecule has 31 heavy (non-hydrogen) atoms. The Morgan fingerprint density at radius 1 is 0.839 bits per heavy atom. The van der Waals surface area contributed by atoms with E-state index in [2.05, 4.69) is 21.3 Å². The fourth-order valence-corrected chi connectivity index (χ4v) is 2.29. The molecular weight excluding hydrogens is 408 g/mol. The Bertz CT molecular complexity index is 564. The number of hydrogen-bond donors (Lipinski definition) is 4. The molecule has 0 heterocycles. The predicted molar refractivity (Wildman–Crippen MR) is 114 cm³/mol. The minimum Gasteiger partial charge on any atom is -0.444 e. The van der Waals surface area contributed by atoms with Crippen molar-refractivity contribution in [2.45, 2.75) is 59.1 Å². The van der Waals surface area contributed by atoms with Gasteiger partial charge in [0.1, 0.15) is 18.2 Å². The Kier molecular flexibility index (Phi) is 15.0. The highest BCUT2D eigenvalue weighted by Gasteiger charge is 2.21. The highest BCUT2D eigenvalue weighted by atomic mass is 16.6. The molecule has 0 rings (SSSR count). The molecule has 0 bridgehead atoms. The van der Waals surface area contributed by atoms with Crippen LogP contribution in [-0.4, -0.2) is 81.5 Å². The maximum absolute atomic E-state index is 12.1. The summed E-state index contributed by atoms with van der Waals surface area (Å²) < 4.78 is 15.6. The van der Waals surface area contributed by atoms with Gasteiger partial charge in [-0.15, -0.1) is 0 Å². The number of hydrogen-bond acceptors (Lipinski definition) is 7. The molecule has 0 spiro atoms. The quantitative estimate of drug-likeness (QED) is 0.261. The first-order chi connectivity index (χ1) is 14.6. The highest BCUT2D eigenvalue weighted by molar-refractivity contribution is 5.88. The van der Waals surface area contributed by atoms with Crippen LogP contribution in [0, 0.1) is 0 Å². The third-order valence-electron chi connectivity index (χ3n) is 3.56. The lowest BCUT2D eigenvalue weighted by molar-refractivity contribution is -0.132. The van der Waals surface area contributed by atoms with Crippen LogP contribution in [0.3, 0.4) is 0 Å². The Hall–Kier alpha value is -2.40. The Morgan fingerprint density at radius 3 is 2.10 bits per heavy atom. The van der Waals surface area contributed by atoms with Crippen molar-refractivity contribution in [2.24, 2.45) is 0 Å². The maximum Gasteiger partial charge on any atom is 0.407 e. The van der Waals surface area contributed by atoms with Crippen molar-refractivity contribution in [3.63, 3.8) is 0 Å². The molecule has 0 aromatic carbocycles. The fourth-order valence-electron chi connectivity index (χ4n) is 2.29. The summed E-state index contributed by atoms with van der Waals surface area (Å²) in [4.78, 5) is 47.2. The SMILES string of the molecule is CCNC(=O)CCC(NC(=O)COCCOCCNC(=O)OC(C)(C)C)C(=O)NCC. The van der Waals surface area contributed by atoms with Crippen molar-refractivity contribution >= 4 is 23.8 Å². The number of ether oxygens (including phenoxy) is 3. The molecule has 0 aromatic heterocycles. The number of carbonyl (C=O) groups is 4. The third kappa shape index (κ3) is 17.0. The smallest absolute Gasteiger partial charge is 0.407 e. The van der Waals surface area contributed by atoms with E-state index in [4.69, 9.17) is 14.2 Å². The summed E-state index contributed by atoms with van der Waals surface area (Å²) in [5, 5.41) is 10.4. The summed E-state index contributed by atoms with van der Waals surface area (Å²) in [7, 11) is 0. The molecule has 0 saturated carbocycles. The number of amides is 4. The van der Waals surface area contributed by atoms with Gasteiger partial charge in [-0.25, -0.2) is 4.79 Å². The molecule has 4 amide bonds. The van der Waals surface area contributed by atoms with E-state index in [9.17, 15) is 19.2 Å². The first-order valence-electron chi connectivity index (χ1n) is 10.5. The summed E-state index contributed by atoms with van der Waals surface area (Å²) in [6, 6.07) is -0.811. The Morgan fingerprint density at radius 2 is 1.48 bits per heavy atom. The van der Waals surface area contributed by atoms with Gasteiger partial charge in [0, 0.05) is 26.1 Å². The van der Waals surface area contributed by atoms with E-state index in [-0.39, 0.29) is 57.6 Å². The molecule has 4 N–H and O–H groups in total. The van der Waals surface area contributed by atoms with Crippen LogP contribution < -0.4 is 21.3 Å². The van der Waals surface area contributed by atoms with E-state index >= 15 is 0 Å². The molecule has 0 aliphatic rings. The summed E-state index contributed by atoms with van der Waals surface area (Å²) in [5.41, 5.74) is -0.558. The second-order valence-electron chi connectivity index (χ2n) is 7.60. The van der Waals surface area contributed by atoms with Crippen molar-refractivity contribution < 1.29 is 33.4 Å². The lowest BCUT2D eigenvalue weighted by Gasteiger charge is -2.19. The van der Waals surface area contributed by atoms with Crippen LogP contribution in [0.25, 0.3) is 0 Å².